The van der Waals surface area contributed by atoms with Crippen LogP contribution >= 0.6 is 0 Å². The molecule has 0 radical (unpaired) electrons. The maximum absolute atomic E-state index is 6.34. The second kappa shape index (κ2) is 6.87. The summed E-state index contributed by atoms with van der Waals surface area (Å²) in [5.74, 6) is 0. The zero-order chi connectivity index (χ0) is 14.4. The monoisotopic (exact) mass is 284 g/mol. The molecule has 0 saturated carbocycles. The summed E-state index contributed by atoms with van der Waals surface area (Å²) in [4.78, 5) is 0. The molecule has 1 nitrogen and oxygen atoms in total. The van der Waals surface area contributed by atoms with E-state index in [9.17, 15) is 0 Å². The Bertz CT molecular complexity index is 502. The first-order valence-corrected chi connectivity index (χ1v) is 8.90. The molecule has 0 aromatic heterocycles. The van der Waals surface area contributed by atoms with Crippen molar-refractivity contribution in [3.05, 3.63) is 66.2 Å². The molecule has 1 unspecified atom stereocenters. The lowest BCUT2D eigenvalue weighted by Gasteiger charge is -2.29. The van der Waals surface area contributed by atoms with Crippen molar-refractivity contribution in [3.63, 3.8) is 0 Å². The van der Waals surface area contributed by atoms with Gasteiger partial charge in [-0.25, -0.2) is 0 Å². The van der Waals surface area contributed by atoms with Crippen molar-refractivity contribution in [2.24, 2.45) is 0 Å². The molecule has 0 saturated heterocycles. The van der Waals surface area contributed by atoms with Gasteiger partial charge in [-0.1, -0.05) is 81.4 Å². The predicted octanol–water partition coefficient (Wildman–Crippen LogP) is 3.68. The molecule has 0 N–H and O–H groups in total. The van der Waals surface area contributed by atoms with Crippen molar-refractivity contribution < 1.29 is 4.43 Å². The quantitative estimate of drug-likeness (QED) is 0.761. The number of rotatable bonds is 5. The molecule has 1 atom stereocenters. The van der Waals surface area contributed by atoms with Crippen LogP contribution in [0.1, 0.15) is 26.3 Å². The standard InChI is InChI=1S/C18H24OSi/c1-18(2,3)20(17-12-8-5-9-13-17)19-15-14-16-10-6-4-7-11-16/h4-13,20H,14-15H2,1-3H3. The first kappa shape index (κ1) is 15.0. The lowest BCUT2D eigenvalue weighted by molar-refractivity contribution is 0.314. The molecule has 106 valence electrons. The Morgan fingerprint density at radius 1 is 0.850 bits per heavy atom. The molecular weight excluding hydrogens is 260 g/mol. The van der Waals surface area contributed by atoms with E-state index in [4.69, 9.17) is 4.43 Å². The molecular formula is C18H24OSi. The van der Waals surface area contributed by atoms with Gasteiger partial charge < -0.3 is 4.43 Å². The lowest BCUT2D eigenvalue weighted by Crippen LogP contribution is -2.42. The normalized spacial score (nSPS) is 13.2. The maximum Gasteiger partial charge on any atom is 0.213 e. The summed E-state index contributed by atoms with van der Waals surface area (Å²) in [7, 11) is -1.42. The third-order valence-electron chi connectivity index (χ3n) is 3.41. The summed E-state index contributed by atoms with van der Waals surface area (Å²) in [6.45, 7) is 7.69. The average Bonchev–Trinajstić information content (AvgIpc) is 2.44. The summed E-state index contributed by atoms with van der Waals surface area (Å²) in [5.41, 5.74) is 1.35. The van der Waals surface area contributed by atoms with Crippen molar-refractivity contribution >= 4 is 14.2 Å². The van der Waals surface area contributed by atoms with E-state index >= 15 is 0 Å². The predicted molar refractivity (Wildman–Crippen MR) is 89.0 cm³/mol. The first-order chi connectivity index (χ1) is 9.57. The molecule has 20 heavy (non-hydrogen) atoms. The van der Waals surface area contributed by atoms with Crippen LogP contribution in [0.25, 0.3) is 0 Å². The molecule has 0 fully saturated rings. The van der Waals surface area contributed by atoms with Crippen LogP contribution in [0.4, 0.5) is 0 Å². The molecule has 2 aromatic carbocycles. The summed E-state index contributed by atoms with van der Waals surface area (Å²) < 4.78 is 6.34. The van der Waals surface area contributed by atoms with Gasteiger partial charge in [-0.2, -0.15) is 0 Å². The molecule has 2 rings (SSSR count). The molecule has 0 bridgehead atoms. The third-order valence-corrected chi connectivity index (χ3v) is 6.54. The van der Waals surface area contributed by atoms with Gasteiger partial charge in [0.2, 0.25) is 9.04 Å². The van der Waals surface area contributed by atoms with Crippen LogP contribution < -0.4 is 5.19 Å². The largest absolute Gasteiger partial charge is 0.415 e. The van der Waals surface area contributed by atoms with Crippen LogP contribution in [0, 0.1) is 0 Å². The fraction of sp³-hybridized carbons (Fsp3) is 0.333. The summed E-state index contributed by atoms with van der Waals surface area (Å²) in [6, 6.07) is 21.3. The highest BCUT2D eigenvalue weighted by atomic mass is 28.3. The Balaban J connectivity index is 1.99. The molecule has 0 aliphatic heterocycles. The molecule has 0 aliphatic rings. The van der Waals surface area contributed by atoms with Crippen molar-refractivity contribution in [2.45, 2.75) is 32.2 Å². The van der Waals surface area contributed by atoms with Crippen LogP contribution in [-0.4, -0.2) is 15.6 Å². The molecule has 0 heterocycles. The average molecular weight is 284 g/mol. The van der Waals surface area contributed by atoms with Gasteiger partial charge in [0.25, 0.3) is 0 Å². The van der Waals surface area contributed by atoms with E-state index in [0.29, 0.717) is 0 Å². The molecule has 0 amide bonds. The van der Waals surface area contributed by atoms with Crippen molar-refractivity contribution in [3.8, 4) is 0 Å². The summed E-state index contributed by atoms with van der Waals surface area (Å²) >= 11 is 0. The van der Waals surface area contributed by atoms with E-state index in [1.54, 1.807) is 0 Å². The third kappa shape index (κ3) is 4.32. The minimum absolute atomic E-state index is 0.234. The van der Waals surface area contributed by atoms with Gasteiger partial charge >= 0.3 is 0 Å². The number of hydrogen-bond donors (Lipinski definition) is 0. The minimum Gasteiger partial charge on any atom is -0.415 e. The summed E-state index contributed by atoms with van der Waals surface area (Å²) in [5, 5.41) is 1.63. The van der Waals surface area contributed by atoms with Crippen molar-refractivity contribution in [2.75, 3.05) is 6.61 Å². The SMILES string of the molecule is CC(C)(C)[SiH](OCCc1ccccc1)c1ccccc1. The van der Waals surface area contributed by atoms with E-state index in [2.05, 4.69) is 81.4 Å². The Kier molecular flexibility index (Phi) is 5.15. The Morgan fingerprint density at radius 3 is 1.95 bits per heavy atom. The summed E-state index contributed by atoms with van der Waals surface area (Å²) in [6.07, 6.45) is 0.993. The second-order valence-corrected chi connectivity index (χ2v) is 9.76. The smallest absolute Gasteiger partial charge is 0.213 e. The van der Waals surface area contributed by atoms with E-state index < -0.39 is 9.04 Å². The van der Waals surface area contributed by atoms with Gasteiger partial charge in [-0.3, -0.25) is 0 Å². The minimum atomic E-state index is -1.42. The fourth-order valence-electron chi connectivity index (χ4n) is 2.41. The van der Waals surface area contributed by atoms with Gasteiger partial charge in [0, 0.05) is 6.61 Å². The van der Waals surface area contributed by atoms with Crippen LogP contribution in [-0.2, 0) is 10.8 Å². The number of hydrogen-bond acceptors (Lipinski definition) is 1. The zero-order valence-corrected chi connectivity index (χ0v) is 13.8. The van der Waals surface area contributed by atoms with E-state index in [1.807, 2.05) is 0 Å². The second-order valence-electron chi connectivity index (χ2n) is 6.26. The van der Waals surface area contributed by atoms with Crippen molar-refractivity contribution in [1.29, 1.82) is 0 Å². The van der Waals surface area contributed by atoms with Crippen LogP contribution in [0.3, 0.4) is 0 Å². The van der Waals surface area contributed by atoms with E-state index in [-0.39, 0.29) is 5.04 Å². The highest BCUT2D eigenvalue weighted by molar-refractivity contribution is 6.70. The fourth-order valence-corrected chi connectivity index (χ4v) is 5.03. The van der Waals surface area contributed by atoms with Gasteiger partial charge in [-0.15, -0.1) is 0 Å². The topological polar surface area (TPSA) is 9.23 Å². The zero-order valence-electron chi connectivity index (χ0n) is 12.7. The Morgan fingerprint density at radius 2 is 1.40 bits per heavy atom. The Labute approximate surface area is 124 Å². The number of benzene rings is 2. The lowest BCUT2D eigenvalue weighted by atomic mass is 10.2. The molecule has 2 heteroatoms. The van der Waals surface area contributed by atoms with E-state index in [0.717, 1.165) is 13.0 Å². The maximum atomic E-state index is 6.34. The van der Waals surface area contributed by atoms with E-state index in [1.165, 1.54) is 10.8 Å². The molecule has 0 aliphatic carbocycles. The first-order valence-electron chi connectivity index (χ1n) is 7.28. The van der Waals surface area contributed by atoms with Gasteiger partial charge in [0.1, 0.15) is 0 Å². The van der Waals surface area contributed by atoms with Crippen LogP contribution in [0.5, 0.6) is 0 Å². The Hall–Kier alpha value is -1.38. The molecule has 0 spiro atoms. The van der Waals surface area contributed by atoms with Crippen LogP contribution in [0.2, 0.25) is 5.04 Å². The van der Waals surface area contributed by atoms with Gasteiger partial charge in [-0.05, 0) is 22.2 Å². The van der Waals surface area contributed by atoms with Gasteiger partial charge in [0.15, 0.2) is 0 Å². The van der Waals surface area contributed by atoms with Crippen molar-refractivity contribution in [1.82, 2.24) is 0 Å². The highest BCUT2D eigenvalue weighted by Crippen LogP contribution is 2.27. The van der Waals surface area contributed by atoms with Gasteiger partial charge in [0.05, 0.1) is 0 Å². The van der Waals surface area contributed by atoms with Crippen LogP contribution in [0.15, 0.2) is 60.7 Å². The highest BCUT2D eigenvalue weighted by Gasteiger charge is 2.29. The molecule has 2 aromatic rings.